The van der Waals surface area contributed by atoms with E-state index < -0.39 is 11.8 Å². The quantitative estimate of drug-likeness (QED) is 0.907. The van der Waals surface area contributed by atoms with Gasteiger partial charge in [-0.05, 0) is 30.5 Å². The van der Waals surface area contributed by atoms with Gasteiger partial charge in [0.15, 0.2) is 0 Å². The Hall–Kier alpha value is -0.680. The number of hydrogen-bond donors (Lipinski definition) is 1. The monoisotopic (exact) mass is 301 g/mol. The molecule has 1 saturated heterocycles. The van der Waals surface area contributed by atoms with Gasteiger partial charge in [-0.2, -0.15) is 0 Å². The van der Waals surface area contributed by atoms with E-state index in [0.717, 1.165) is 0 Å². The summed E-state index contributed by atoms with van der Waals surface area (Å²) in [7, 11) is 1.56. The number of ether oxygens (including phenoxy) is 1. The molecular weight excluding hydrogens is 281 g/mol. The van der Waals surface area contributed by atoms with E-state index in [1.54, 1.807) is 31.4 Å². The first-order valence-corrected chi connectivity index (χ1v) is 7.25. The highest BCUT2D eigenvalue weighted by atomic mass is 35.5. The lowest BCUT2D eigenvalue weighted by Gasteiger charge is -2.37. The normalized spacial score (nSPS) is 20.8. The zero-order valence-electron chi connectivity index (χ0n) is 11.7. The van der Waals surface area contributed by atoms with Crippen LogP contribution >= 0.6 is 11.6 Å². The van der Waals surface area contributed by atoms with Crippen LogP contribution in [0.1, 0.15) is 18.4 Å². The number of rotatable bonds is 5. The van der Waals surface area contributed by atoms with E-state index in [4.69, 9.17) is 16.3 Å². The molecule has 1 aromatic carbocycles. The van der Waals surface area contributed by atoms with Crippen LogP contribution in [0.15, 0.2) is 24.3 Å². The molecule has 1 N–H and O–H groups in total. The predicted molar refractivity (Wildman–Crippen MR) is 77.8 cm³/mol. The first kappa shape index (κ1) is 15.7. The number of aliphatic hydroxyl groups excluding tert-OH is 1. The number of halogens is 2. The number of hydrogen-bond acceptors (Lipinski definition) is 3. The summed E-state index contributed by atoms with van der Waals surface area (Å²) in [5, 5.41) is 10.3. The summed E-state index contributed by atoms with van der Waals surface area (Å²) in [4.78, 5) is 2.08. The van der Waals surface area contributed by atoms with Gasteiger partial charge in [0.1, 0.15) is 5.67 Å². The smallest absolute Gasteiger partial charge is 0.138 e. The molecule has 0 spiro atoms. The Morgan fingerprint density at radius 3 is 2.75 bits per heavy atom. The van der Waals surface area contributed by atoms with Gasteiger partial charge < -0.3 is 14.7 Å². The van der Waals surface area contributed by atoms with Crippen molar-refractivity contribution in [3.63, 3.8) is 0 Å². The zero-order valence-corrected chi connectivity index (χ0v) is 12.4. The van der Waals surface area contributed by atoms with Crippen molar-refractivity contribution in [3.8, 4) is 0 Å². The molecule has 3 nitrogen and oxygen atoms in total. The van der Waals surface area contributed by atoms with Gasteiger partial charge in [0.05, 0.1) is 12.7 Å². The van der Waals surface area contributed by atoms with Crippen molar-refractivity contribution in [2.75, 3.05) is 33.4 Å². The maximum absolute atomic E-state index is 15.0. The number of alkyl halides is 1. The summed E-state index contributed by atoms with van der Waals surface area (Å²) in [6, 6.07) is 7.04. The second-order valence-electron chi connectivity index (χ2n) is 5.39. The van der Waals surface area contributed by atoms with Crippen molar-refractivity contribution in [3.05, 3.63) is 34.9 Å². The molecule has 20 heavy (non-hydrogen) atoms. The fourth-order valence-electron chi connectivity index (χ4n) is 2.69. The molecule has 5 heteroatoms. The van der Waals surface area contributed by atoms with E-state index in [0.29, 0.717) is 49.7 Å². The highest BCUT2D eigenvalue weighted by Crippen LogP contribution is 2.37. The van der Waals surface area contributed by atoms with Crippen molar-refractivity contribution >= 4 is 11.6 Å². The van der Waals surface area contributed by atoms with Crippen molar-refractivity contribution < 1.29 is 14.2 Å². The van der Waals surface area contributed by atoms with Gasteiger partial charge in [0.2, 0.25) is 0 Å². The topological polar surface area (TPSA) is 32.7 Å². The Balaban J connectivity index is 1.93. The maximum Gasteiger partial charge on any atom is 0.138 e. The lowest BCUT2D eigenvalue weighted by molar-refractivity contribution is 0.00580. The van der Waals surface area contributed by atoms with E-state index in [2.05, 4.69) is 4.90 Å². The standard InChI is InChI=1S/C15H21ClFNO2/c1-20-11-14(19)10-18-7-5-15(17,6-8-18)12-3-2-4-13(16)9-12/h2-4,9,14,19H,5-8,10-11H2,1H3/t14-/m0/s1. The molecule has 0 aromatic heterocycles. The van der Waals surface area contributed by atoms with Crippen LogP contribution in [0.3, 0.4) is 0 Å². The van der Waals surface area contributed by atoms with Gasteiger partial charge >= 0.3 is 0 Å². The highest BCUT2D eigenvalue weighted by Gasteiger charge is 2.36. The predicted octanol–water partition coefficient (Wildman–Crippen LogP) is 2.61. The van der Waals surface area contributed by atoms with Crippen LogP contribution in [-0.2, 0) is 10.4 Å². The summed E-state index contributed by atoms with van der Waals surface area (Å²) < 4.78 is 19.9. The van der Waals surface area contributed by atoms with Crippen molar-refractivity contribution in [2.24, 2.45) is 0 Å². The Kier molecular flexibility index (Phi) is 5.38. The summed E-state index contributed by atoms with van der Waals surface area (Å²) in [5.74, 6) is 0. The number of nitrogens with zero attached hydrogens (tertiary/aromatic N) is 1. The molecule has 112 valence electrons. The molecule has 1 atom stereocenters. The third-order valence-corrected chi connectivity index (χ3v) is 4.05. The summed E-state index contributed by atoms with van der Waals surface area (Å²) >= 11 is 5.93. The molecular formula is C15H21ClFNO2. The van der Waals surface area contributed by atoms with Crippen LogP contribution in [0.4, 0.5) is 4.39 Å². The van der Waals surface area contributed by atoms with Crippen LogP contribution in [0.25, 0.3) is 0 Å². The number of benzene rings is 1. The molecule has 0 bridgehead atoms. The number of likely N-dealkylation sites (tertiary alicyclic amines) is 1. The van der Waals surface area contributed by atoms with Crippen molar-refractivity contribution in [2.45, 2.75) is 24.6 Å². The van der Waals surface area contributed by atoms with Crippen LogP contribution < -0.4 is 0 Å². The van der Waals surface area contributed by atoms with Gasteiger partial charge in [-0.25, -0.2) is 4.39 Å². The Morgan fingerprint density at radius 1 is 1.45 bits per heavy atom. The Bertz CT molecular complexity index is 436. The minimum Gasteiger partial charge on any atom is -0.389 e. The van der Waals surface area contributed by atoms with Crippen LogP contribution in [0, 0.1) is 0 Å². The van der Waals surface area contributed by atoms with E-state index in [9.17, 15) is 9.50 Å². The largest absolute Gasteiger partial charge is 0.389 e. The van der Waals surface area contributed by atoms with Crippen LogP contribution in [0.5, 0.6) is 0 Å². The number of methoxy groups -OCH3 is 1. The minimum absolute atomic E-state index is 0.311. The number of β-amino-alcohol motifs (C(OH)–C–C–N with tert-alkyl or cyclic N) is 1. The van der Waals surface area contributed by atoms with Crippen LogP contribution in [0.2, 0.25) is 5.02 Å². The van der Waals surface area contributed by atoms with Crippen molar-refractivity contribution in [1.82, 2.24) is 4.90 Å². The fourth-order valence-corrected chi connectivity index (χ4v) is 2.88. The van der Waals surface area contributed by atoms with Gasteiger partial charge in [0, 0.05) is 31.8 Å². The number of piperidine rings is 1. The third kappa shape index (κ3) is 3.92. The first-order chi connectivity index (χ1) is 9.53. The number of aliphatic hydroxyl groups is 1. The second-order valence-corrected chi connectivity index (χ2v) is 5.82. The van der Waals surface area contributed by atoms with Gasteiger partial charge in [-0.3, -0.25) is 0 Å². The fraction of sp³-hybridized carbons (Fsp3) is 0.600. The summed E-state index contributed by atoms with van der Waals surface area (Å²) in [6.07, 6.45) is 0.332. The molecule has 1 heterocycles. The van der Waals surface area contributed by atoms with Gasteiger partial charge in [-0.15, -0.1) is 0 Å². The molecule has 0 amide bonds. The van der Waals surface area contributed by atoms with E-state index in [1.165, 1.54) is 0 Å². The summed E-state index contributed by atoms with van der Waals surface area (Å²) in [6.45, 7) is 2.10. The average Bonchev–Trinajstić information content (AvgIpc) is 2.42. The lowest BCUT2D eigenvalue weighted by atomic mass is 9.86. The van der Waals surface area contributed by atoms with E-state index in [-0.39, 0.29) is 0 Å². The first-order valence-electron chi connectivity index (χ1n) is 6.88. The maximum atomic E-state index is 15.0. The molecule has 0 aliphatic carbocycles. The SMILES string of the molecule is COC[C@@H](O)CN1CCC(F)(c2cccc(Cl)c2)CC1. The lowest BCUT2D eigenvalue weighted by Crippen LogP contribution is -2.44. The molecule has 1 fully saturated rings. The molecule has 0 saturated carbocycles. The summed E-state index contributed by atoms with van der Waals surface area (Å²) in [5.41, 5.74) is -0.657. The Morgan fingerprint density at radius 2 is 2.15 bits per heavy atom. The van der Waals surface area contributed by atoms with Crippen LogP contribution in [-0.4, -0.2) is 49.5 Å². The molecule has 2 rings (SSSR count). The van der Waals surface area contributed by atoms with E-state index in [1.807, 2.05) is 0 Å². The highest BCUT2D eigenvalue weighted by molar-refractivity contribution is 6.30. The molecule has 0 radical (unpaired) electrons. The molecule has 0 unspecified atom stereocenters. The van der Waals surface area contributed by atoms with Crippen molar-refractivity contribution in [1.29, 1.82) is 0 Å². The molecule has 1 aliphatic heterocycles. The van der Waals surface area contributed by atoms with Gasteiger partial charge in [0.25, 0.3) is 0 Å². The second kappa shape index (κ2) is 6.85. The molecule has 1 aliphatic rings. The average molecular weight is 302 g/mol. The minimum atomic E-state index is -1.31. The zero-order chi connectivity index (χ0) is 14.6. The van der Waals surface area contributed by atoms with E-state index >= 15 is 0 Å². The van der Waals surface area contributed by atoms with Gasteiger partial charge in [-0.1, -0.05) is 23.7 Å². The molecule has 1 aromatic rings. The third-order valence-electron chi connectivity index (χ3n) is 3.82. The Labute approximate surface area is 124 Å².